The van der Waals surface area contributed by atoms with Crippen molar-refractivity contribution in [2.75, 3.05) is 11.5 Å². The van der Waals surface area contributed by atoms with Crippen LogP contribution in [-0.2, 0) is 14.1 Å². The smallest absolute Gasteiger partial charge is 0.332 e. The van der Waals surface area contributed by atoms with E-state index < -0.39 is 17.0 Å². The number of carbonyl (C=O) groups excluding carboxylic acids is 1. The zero-order valence-corrected chi connectivity index (χ0v) is 20.2. The lowest BCUT2D eigenvalue weighted by atomic mass is 10.1. The maximum Gasteiger partial charge on any atom is 0.332 e. The highest BCUT2D eigenvalue weighted by Gasteiger charge is 2.22. The van der Waals surface area contributed by atoms with Crippen LogP contribution in [-0.4, -0.2) is 35.4 Å². The molecule has 11 heteroatoms. The number of hydrogen-bond donors (Lipinski definition) is 1. The maximum atomic E-state index is 13.0. The second-order valence-electron chi connectivity index (χ2n) is 7.66. The highest BCUT2D eigenvalue weighted by atomic mass is 35.5. The van der Waals surface area contributed by atoms with Gasteiger partial charge < -0.3 is 5.73 Å². The molecule has 2 N–H and O–H groups in total. The molecule has 0 saturated carbocycles. The van der Waals surface area contributed by atoms with Gasteiger partial charge in [-0.05, 0) is 31.2 Å². The van der Waals surface area contributed by atoms with Gasteiger partial charge in [0.05, 0.1) is 5.75 Å². The Morgan fingerprint density at radius 2 is 1.65 bits per heavy atom. The first kappa shape index (κ1) is 23.5. The average Bonchev–Trinajstić information content (AvgIpc) is 3.25. The van der Waals surface area contributed by atoms with Crippen LogP contribution in [0.15, 0.2) is 63.3 Å². The van der Waals surface area contributed by atoms with Crippen LogP contribution < -0.4 is 17.0 Å². The summed E-state index contributed by atoms with van der Waals surface area (Å²) in [6.07, 6.45) is 0. The molecule has 0 fully saturated rings. The SMILES string of the molecule is Cc1ccc(-c2nnc(SCC(=O)c3c(N)n(C)c(=O)n(C)c3=O)n2-c2ccc(Cl)cc2)cc1. The van der Waals surface area contributed by atoms with Gasteiger partial charge in [-0.3, -0.25) is 23.3 Å². The van der Waals surface area contributed by atoms with E-state index in [0.29, 0.717) is 16.0 Å². The van der Waals surface area contributed by atoms with E-state index in [-0.39, 0.29) is 17.1 Å². The van der Waals surface area contributed by atoms with Gasteiger partial charge in [0.25, 0.3) is 5.56 Å². The first-order valence-electron chi connectivity index (χ1n) is 10.2. The minimum Gasteiger partial charge on any atom is -0.384 e. The zero-order chi connectivity index (χ0) is 24.6. The maximum absolute atomic E-state index is 13.0. The lowest BCUT2D eigenvalue weighted by Gasteiger charge is -2.12. The van der Waals surface area contributed by atoms with Crippen molar-refractivity contribution in [3.63, 3.8) is 0 Å². The van der Waals surface area contributed by atoms with Gasteiger partial charge in [0, 0.05) is 30.4 Å². The molecule has 9 nitrogen and oxygen atoms in total. The standard InChI is InChI=1S/C23H21ClN6O3S/c1-13-4-6-14(7-5-13)20-26-27-22(30(20)16-10-8-15(24)9-11-16)34-12-17(31)18-19(25)28(2)23(33)29(3)21(18)32/h4-11H,12,25H2,1-3H3. The van der Waals surface area contributed by atoms with Gasteiger partial charge in [0.2, 0.25) is 0 Å². The molecule has 0 aliphatic carbocycles. The average molecular weight is 497 g/mol. The van der Waals surface area contributed by atoms with Crippen molar-refractivity contribution < 1.29 is 4.79 Å². The molecule has 174 valence electrons. The van der Waals surface area contributed by atoms with Crippen LogP contribution in [0.1, 0.15) is 15.9 Å². The van der Waals surface area contributed by atoms with E-state index in [0.717, 1.165) is 37.7 Å². The molecule has 0 unspecified atom stereocenters. The lowest BCUT2D eigenvalue weighted by molar-refractivity contribution is 0.102. The quantitative estimate of drug-likeness (QED) is 0.322. The number of anilines is 1. The normalized spacial score (nSPS) is 11.1. The van der Waals surface area contributed by atoms with Gasteiger partial charge >= 0.3 is 5.69 Å². The summed E-state index contributed by atoms with van der Waals surface area (Å²) in [6, 6.07) is 15.0. The number of ketones is 1. The molecule has 0 saturated heterocycles. The summed E-state index contributed by atoms with van der Waals surface area (Å²) in [5.41, 5.74) is 7.09. The van der Waals surface area contributed by atoms with Crippen molar-refractivity contribution in [2.24, 2.45) is 14.1 Å². The molecule has 0 aliphatic heterocycles. The summed E-state index contributed by atoms with van der Waals surface area (Å²) >= 11 is 7.18. The van der Waals surface area contributed by atoms with E-state index >= 15 is 0 Å². The molecule has 4 rings (SSSR count). The van der Waals surface area contributed by atoms with Crippen LogP contribution in [0.4, 0.5) is 5.82 Å². The number of rotatable bonds is 6. The number of halogens is 1. The molecular formula is C23H21ClN6O3S. The Morgan fingerprint density at radius 1 is 1.00 bits per heavy atom. The van der Waals surface area contributed by atoms with E-state index in [2.05, 4.69) is 10.2 Å². The summed E-state index contributed by atoms with van der Waals surface area (Å²) in [7, 11) is 2.71. The van der Waals surface area contributed by atoms with Gasteiger partial charge in [0.1, 0.15) is 11.4 Å². The first-order valence-corrected chi connectivity index (χ1v) is 11.5. The molecule has 0 atom stereocenters. The Balaban J connectivity index is 1.73. The lowest BCUT2D eigenvalue weighted by Crippen LogP contribution is -2.41. The van der Waals surface area contributed by atoms with Gasteiger partial charge in [-0.1, -0.05) is 53.2 Å². The van der Waals surface area contributed by atoms with Crippen molar-refractivity contribution in [2.45, 2.75) is 12.1 Å². The highest BCUT2D eigenvalue weighted by molar-refractivity contribution is 7.99. The van der Waals surface area contributed by atoms with Gasteiger partial charge in [0.15, 0.2) is 16.8 Å². The molecule has 0 radical (unpaired) electrons. The molecule has 4 aromatic rings. The van der Waals surface area contributed by atoms with Crippen LogP contribution >= 0.6 is 23.4 Å². The van der Waals surface area contributed by atoms with Crippen LogP contribution in [0.2, 0.25) is 5.02 Å². The minimum atomic E-state index is -0.731. The number of nitrogen functional groups attached to an aromatic ring is 1. The Labute approximate surface area is 203 Å². The van der Waals surface area contributed by atoms with Crippen LogP contribution in [0.3, 0.4) is 0 Å². The number of carbonyl (C=O) groups is 1. The monoisotopic (exact) mass is 496 g/mol. The fourth-order valence-corrected chi connectivity index (χ4v) is 4.35. The van der Waals surface area contributed by atoms with E-state index in [1.165, 1.54) is 14.1 Å². The van der Waals surface area contributed by atoms with Crippen molar-refractivity contribution in [3.8, 4) is 17.1 Å². The molecule has 2 aromatic heterocycles. The molecule has 0 aliphatic rings. The summed E-state index contributed by atoms with van der Waals surface area (Å²) in [5.74, 6) is -0.216. The Kier molecular flexibility index (Phi) is 6.45. The van der Waals surface area contributed by atoms with Gasteiger partial charge in [-0.2, -0.15) is 0 Å². The molecule has 34 heavy (non-hydrogen) atoms. The number of aryl methyl sites for hydroxylation is 1. The predicted octanol–water partition coefficient (Wildman–Crippen LogP) is 2.85. The number of Topliss-reactive ketones (excluding diaryl/α,β-unsaturated/α-hetero) is 1. The number of thioether (sulfide) groups is 1. The fourth-order valence-electron chi connectivity index (χ4n) is 3.40. The van der Waals surface area contributed by atoms with Crippen molar-refractivity contribution >= 4 is 35.0 Å². The third-order valence-corrected chi connectivity index (χ3v) is 6.53. The second-order valence-corrected chi connectivity index (χ2v) is 9.04. The topological polar surface area (TPSA) is 118 Å². The summed E-state index contributed by atoms with van der Waals surface area (Å²) in [4.78, 5) is 37.6. The van der Waals surface area contributed by atoms with Gasteiger partial charge in [-0.25, -0.2) is 4.79 Å². The molecular weight excluding hydrogens is 476 g/mol. The summed E-state index contributed by atoms with van der Waals surface area (Å²) < 4.78 is 3.76. The Bertz CT molecular complexity index is 1500. The molecule has 0 bridgehead atoms. The van der Waals surface area contributed by atoms with E-state index in [4.69, 9.17) is 17.3 Å². The number of nitrogens with zero attached hydrogens (tertiary/aromatic N) is 5. The highest BCUT2D eigenvalue weighted by Crippen LogP contribution is 2.29. The zero-order valence-electron chi connectivity index (χ0n) is 18.7. The first-order chi connectivity index (χ1) is 16.2. The third-order valence-electron chi connectivity index (χ3n) is 5.35. The third kappa shape index (κ3) is 4.29. The predicted molar refractivity (Wildman–Crippen MR) is 133 cm³/mol. The van der Waals surface area contributed by atoms with Crippen LogP contribution in [0.25, 0.3) is 17.1 Å². The Hall–Kier alpha value is -3.63. The molecule has 0 spiro atoms. The number of hydrogen-bond acceptors (Lipinski definition) is 7. The summed E-state index contributed by atoms with van der Waals surface area (Å²) in [5, 5.41) is 9.68. The molecule has 0 amide bonds. The van der Waals surface area contributed by atoms with E-state index in [1.54, 1.807) is 12.1 Å². The number of benzene rings is 2. The second kappa shape index (κ2) is 9.32. The van der Waals surface area contributed by atoms with E-state index in [9.17, 15) is 14.4 Å². The molecule has 2 aromatic carbocycles. The largest absolute Gasteiger partial charge is 0.384 e. The molecule has 2 heterocycles. The summed E-state index contributed by atoms with van der Waals surface area (Å²) in [6.45, 7) is 2.00. The van der Waals surface area contributed by atoms with Gasteiger partial charge in [-0.15, -0.1) is 10.2 Å². The van der Waals surface area contributed by atoms with Crippen LogP contribution in [0, 0.1) is 6.92 Å². The van der Waals surface area contributed by atoms with E-state index in [1.807, 2.05) is 47.9 Å². The van der Waals surface area contributed by atoms with Crippen molar-refractivity contribution in [1.29, 1.82) is 0 Å². The minimum absolute atomic E-state index is 0.128. The van der Waals surface area contributed by atoms with Crippen molar-refractivity contribution in [3.05, 3.63) is 85.5 Å². The van der Waals surface area contributed by atoms with Crippen molar-refractivity contribution in [1.82, 2.24) is 23.9 Å². The Morgan fingerprint density at radius 3 is 2.29 bits per heavy atom. The fraction of sp³-hybridized carbons (Fsp3) is 0.174. The number of nitrogens with two attached hydrogens (primary N) is 1. The number of aromatic nitrogens is 5. The van der Waals surface area contributed by atoms with Crippen LogP contribution in [0.5, 0.6) is 0 Å².